The van der Waals surface area contributed by atoms with Crippen LogP contribution >= 0.6 is 11.6 Å². The zero-order chi connectivity index (χ0) is 15.2. The fraction of sp³-hybridized carbons (Fsp3) is 0.333. The van der Waals surface area contributed by atoms with Crippen LogP contribution in [0.15, 0.2) is 41.2 Å². The van der Waals surface area contributed by atoms with Gasteiger partial charge in [-0.05, 0) is 30.7 Å². The van der Waals surface area contributed by atoms with Crippen LogP contribution in [0, 0.1) is 6.92 Å². The first-order chi connectivity index (χ1) is 10.0. The molecule has 0 aliphatic carbocycles. The Kier molecular flexibility index (Phi) is 5.50. The molecule has 6 heteroatoms. The van der Waals surface area contributed by atoms with Crippen LogP contribution < -0.4 is 5.56 Å². The fourth-order valence-corrected chi connectivity index (χ4v) is 1.95. The Bertz CT molecular complexity index is 640. The first-order valence-electron chi connectivity index (χ1n) is 6.59. The maximum absolute atomic E-state index is 11.6. The molecule has 2 aromatic rings. The molecule has 1 unspecified atom stereocenters. The highest BCUT2D eigenvalue weighted by Crippen LogP contribution is 2.10. The van der Waals surface area contributed by atoms with Gasteiger partial charge >= 0.3 is 0 Å². The van der Waals surface area contributed by atoms with Crippen LogP contribution in [0.1, 0.15) is 11.3 Å². The van der Waals surface area contributed by atoms with Crippen LogP contribution in [0.3, 0.4) is 0 Å². The molecule has 0 aliphatic heterocycles. The summed E-state index contributed by atoms with van der Waals surface area (Å²) in [6.45, 7) is 2.41. The average Bonchev–Trinajstić information content (AvgIpc) is 2.45. The van der Waals surface area contributed by atoms with E-state index in [2.05, 4.69) is 5.10 Å². The zero-order valence-corrected chi connectivity index (χ0v) is 12.5. The standard InChI is InChI=1S/C15H17ClN2O3/c1-11-2-7-15(20)18(17-11)8-14(19)10-21-9-12-3-5-13(16)6-4-12/h2-7,14,19H,8-10H2,1H3. The van der Waals surface area contributed by atoms with Gasteiger partial charge in [-0.2, -0.15) is 5.10 Å². The molecule has 112 valence electrons. The molecule has 0 saturated heterocycles. The van der Waals surface area contributed by atoms with Crippen molar-refractivity contribution in [3.8, 4) is 0 Å². The second-order valence-electron chi connectivity index (χ2n) is 4.79. The second-order valence-corrected chi connectivity index (χ2v) is 5.23. The van der Waals surface area contributed by atoms with Crippen molar-refractivity contribution in [2.24, 2.45) is 0 Å². The molecule has 1 heterocycles. The van der Waals surface area contributed by atoms with Crippen molar-refractivity contribution >= 4 is 11.6 Å². The van der Waals surface area contributed by atoms with Crippen molar-refractivity contribution in [3.05, 3.63) is 63.0 Å². The summed E-state index contributed by atoms with van der Waals surface area (Å²) in [5.74, 6) is 0. The van der Waals surface area contributed by atoms with E-state index in [0.717, 1.165) is 11.3 Å². The molecule has 0 amide bonds. The summed E-state index contributed by atoms with van der Waals surface area (Å²) in [4.78, 5) is 11.6. The summed E-state index contributed by atoms with van der Waals surface area (Å²) >= 11 is 5.79. The molecule has 1 atom stereocenters. The van der Waals surface area contributed by atoms with E-state index < -0.39 is 6.10 Å². The molecular formula is C15H17ClN2O3. The lowest BCUT2D eigenvalue weighted by molar-refractivity contribution is 0.0179. The molecule has 5 nitrogen and oxygen atoms in total. The zero-order valence-electron chi connectivity index (χ0n) is 11.7. The predicted octanol–water partition coefficient (Wildman–Crippen LogP) is 1.78. The Balaban J connectivity index is 1.82. The first-order valence-corrected chi connectivity index (χ1v) is 6.97. The SMILES string of the molecule is Cc1ccc(=O)n(CC(O)COCc2ccc(Cl)cc2)n1. The molecule has 0 bridgehead atoms. The van der Waals surface area contributed by atoms with Crippen molar-refractivity contribution in [3.63, 3.8) is 0 Å². The van der Waals surface area contributed by atoms with Crippen molar-refractivity contribution in [2.75, 3.05) is 6.61 Å². The maximum Gasteiger partial charge on any atom is 0.266 e. The third-order valence-electron chi connectivity index (χ3n) is 2.88. The van der Waals surface area contributed by atoms with E-state index in [-0.39, 0.29) is 18.7 Å². The Morgan fingerprint density at radius 3 is 2.71 bits per heavy atom. The van der Waals surface area contributed by atoms with Crippen molar-refractivity contribution < 1.29 is 9.84 Å². The number of rotatable bonds is 6. The third-order valence-corrected chi connectivity index (χ3v) is 3.13. The number of aromatic nitrogens is 2. The molecule has 0 saturated carbocycles. The number of ether oxygens (including phenoxy) is 1. The van der Waals surface area contributed by atoms with Gasteiger partial charge in [0.2, 0.25) is 0 Å². The molecule has 0 aliphatic rings. The van der Waals surface area contributed by atoms with Crippen LogP contribution in [0.2, 0.25) is 5.02 Å². The van der Waals surface area contributed by atoms with Crippen LogP contribution in [0.4, 0.5) is 0 Å². The van der Waals surface area contributed by atoms with E-state index in [9.17, 15) is 9.90 Å². The average molecular weight is 309 g/mol. The molecule has 1 aromatic heterocycles. The molecular weight excluding hydrogens is 292 g/mol. The smallest absolute Gasteiger partial charge is 0.266 e. The minimum absolute atomic E-state index is 0.112. The van der Waals surface area contributed by atoms with Gasteiger partial charge in [0, 0.05) is 11.1 Å². The van der Waals surface area contributed by atoms with Gasteiger partial charge < -0.3 is 9.84 Å². The molecule has 0 radical (unpaired) electrons. The van der Waals surface area contributed by atoms with Crippen molar-refractivity contribution in [1.29, 1.82) is 0 Å². The number of halogens is 1. The first kappa shape index (κ1) is 15.7. The molecule has 2 rings (SSSR count). The summed E-state index contributed by atoms with van der Waals surface area (Å²) in [6, 6.07) is 10.4. The van der Waals surface area contributed by atoms with E-state index in [4.69, 9.17) is 16.3 Å². The topological polar surface area (TPSA) is 64.4 Å². The van der Waals surface area contributed by atoms with E-state index in [0.29, 0.717) is 11.6 Å². The summed E-state index contributed by atoms with van der Waals surface area (Å²) in [6.07, 6.45) is -0.788. The molecule has 0 fully saturated rings. The number of nitrogens with zero attached hydrogens (tertiary/aromatic N) is 2. The van der Waals surface area contributed by atoms with E-state index in [1.807, 2.05) is 12.1 Å². The Morgan fingerprint density at radius 1 is 1.29 bits per heavy atom. The Labute approximate surface area is 127 Å². The highest BCUT2D eigenvalue weighted by Gasteiger charge is 2.08. The van der Waals surface area contributed by atoms with Gasteiger partial charge in [0.15, 0.2) is 0 Å². The van der Waals surface area contributed by atoms with Crippen molar-refractivity contribution in [1.82, 2.24) is 9.78 Å². The number of aliphatic hydroxyl groups excluding tert-OH is 1. The van der Waals surface area contributed by atoms with E-state index in [1.54, 1.807) is 25.1 Å². The van der Waals surface area contributed by atoms with Crippen LogP contribution in [-0.2, 0) is 17.9 Å². The number of hydrogen-bond donors (Lipinski definition) is 1. The van der Waals surface area contributed by atoms with Crippen LogP contribution in [-0.4, -0.2) is 27.6 Å². The van der Waals surface area contributed by atoms with Gasteiger partial charge in [0.05, 0.1) is 31.6 Å². The monoisotopic (exact) mass is 308 g/mol. The lowest BCUT2D eigenvalue weighted by Gasteiger charge is -2.12. The highest BCUT2D eigenvalue weighted by atomic mass is 35.5. The third kappa shape index (κ3) is 4.97. The van der Waals surface area contributed by atoms with Gasteiger partial charge in [0.1, 0.15) is 0 Å². The summed E-state index contributed by atoms with van der Waals surface area (Å²) in [5.41, 5.74) is 1.46. The van der Waals surface area contributed by atoms with Crippen LogP contribution in [0.5, 0.6) is 0 Å². The predicted molar refractivity (Wildman–Crippen MR) is 80.3 cm³/mol. The maximum atomic E-state index is 11.6. The van der Waals surface area contributed by atoms with Gasteiger partial charge in [-0.1, -0.05) is 23.7 Å². The Morgan fingerprint density at radius 2 is 2.00 bits per heavy atom. The summed E-state index contributed by atoms with van der Waals surface area (Å²) < 4.78 is 6.67. The highest BCUT2D eigenvalue weighted by molar-refractivity contribution is 6.30. The van der Waals surface area contributed by atoms with Gasteiger partial charge in [-0.25, -0.2) is 4.68 Å². The second kappa shape index (κ2) is 7.36. The molecule has 1 N–H and O–H groups in total. The van der Waals surface area contributed by atoms with Gasteiger partial charge in [-0.15, -0.1) is 0 Å². The molecule has 21 heavy (non-hydrogen) atoms. The molecule has 1 aromatic carbocycles. The van der Waals surface area contributed by atoms with E-state index >= 15 is 0 Å². The Hall–Kier alpha value is -1.69. The lowest BCUT2D eigenvalue weighted by atomic mass is 10.2. The van der Waals surface area contributed by atoms with Gasteiger partial charge in [-0.3, -0.25) is 4.79 Å². The largest absolute Gasteiger partial charge is 0.389 e. The summed E-state index contributed by atoms with van der Waals surface area (Å²) in [5, 5.41) is 14.6. The van der Waals surface area contributed by atoms with Gasteiger partial charge in [0.25, 0.3) is 5.56 Å². The lowest BCUT2D eigenvalue weighted by Crippen LogP contribution is -2.31. The molecule has 0 spiro atoms. The number of benzene rings is 1. The summed E-state index contributed by atoms with van der Waals surface area (Å²) in [7, 11) is 0. The van der Waals surface area contributed by atoms with Crippen molar-refractivity contribution in [2.45, 2.75) is 26.2 Å². The fourth-order valence-electron chi connectivity index (χ4n) is 1.83. The quantitative estimate of drug-likeness (QED) is 0.883. The normalized spacial score (nSPS) is 12.3. The number of hydrogen-bond acceptors (Lipinski definition) is 4. The number of aryl methyl sites for hydroxylation is 1. The number of aliphatic hydroxyl groups is 1. The van der Waals surface area contributed by atoms with E-state index in [1.165, 1.54) is 10.7 Å². The minimum atomic E-state index is -0.788. The van der Waals surface area contributed by atoms with Crippen LogP contribution in [0.25, 0.3) is 0 Å². The minimum Gasteiger partial charge on any atom is -0.389 e.